The van der Waals surface area contributed by atoms with Crippen molar-refractivity contribution < 1.29 is 20.4 Å². The smallest absolute Gasteiger partial charge is 0.123 e. The van der Waals surface area contributed by atoms with Crippen LogP contribution in [0.25, 0.3) is 32.3 Å². The molecule has 4 nitrogen and oxygen atoms in total. The van der Waals surface area contributed by atoms with Gasteiger partial charge in [0.25, 0.3) is 0 Å². The van der Waals surface area contributed by atoms with Crippen molar-refractivity contribution in [1.82, 2.24) is 0 Å². The average molecular weight is 459 g/mol. The third kappa shape index (κ3) is 3.30. The van der Waals surface area contributed by atoms with Crippen LogP contribution in [0.1, 0.15) is 22.6 Å². The van der Waals surface area contributed by atoms with Crippen molar-refractivity contribution in [3.8, 4) is 23.0 Å². The molecule has 4 N–H and O–H groups in total. The molecule has 35 heavy (non-hydrogen) atoms. The summed E-state index contributed by atoms with van der Waals surface area (Å²) in [5.74, 6) is -0.257. The highest BCUT2D eigenvalue weighted by atomic mass is 16.3. The molecule has 0 saturated heterocycles. The van der Waals surface area contributed by atoms with Gasteiger partial charge in [-0.15, -0.1) is 0 Å². The Bertz CT molecular complexity index is 1660. The zero-order chi connectivity index (χ0) is 24.1. The van der Waals surface area contributed by atoms with Gasteiger partial charge in [0.15, 0.2) is 0 Å². The zero-order valence-electron chi connectivity index (χ0n) is 18.7. The quantitative estimate of drug-likeness (QED) is 0.212. The summed E-state index contributed by atoms with van der Waals surface area (Å²) in [6, 6.07) is 31.1. The largest absolute Gasteiger partial charge is 0.508 e. The predicted molar refractivity (Wildman–Crippen MR) is 139 cm³/mol. The monoisotopic (exact) mass is 458 g/mol. The maximum atomic E-state index is 11.2. The molecule has 0 aromatic heterocycles. The van der Waals surface area contributed by atoms with E-state index in [-0.39, 0.29) is 23.0 Å². The van der Waals surface area contributed by atoms with E-state index in [4.69, 9.17) is 0 Å². The van der Waals surface area contributed by atoms with Gasteiger partial charge in [-0.25, -0.2) is 0 Å². The Morgan fingerprint density at radius 1 is 0.400 bits per heavy atom. The molecular weight excluding hydrogens is 436 g/mol. The molecule has 6 aromatic carbocycles. The van der Waals surface area contributed by atoms with E-state index in [1.807, 2.05) is 48.5 Å². The van der Waals surface area contributed by atoms with Crippen LogP contribution in [-0.4, -0.2) is 20.4 Å². The third-order valence-corrected chi connectivity index (χ3v) is 6.80. The van der Waals surface area contributed by atoms with Gasteiger partial charge in [-0.2, -0.15) is 0 Å². The summed E-state index contributed by atoms with van der Waals surface area (Å²) in [4.78, 5) is 0. The molecule has 0 saturated carbocycles. The van der Waals surface area contributed by atoms with E-state index in [0.717, 1.165) is 16.3 Å². The maximum Gasteiger partial charge on any atom is 0.123 e. The highest BCUT2D eigenvalue weighted by Crippen LogP contribution is 2.48. The van der Waals surface area contributed by atoms with E-state index in [1.54, 1.807) is 48.5 Å². The van der Waals surface area contributed by atoms with Gasteiger partial charge in [-0.1, -0.05) is 66.7 Å². The van der Waals surface area contributed by atoms with Crippen molar-refractivity contribution in [2.24, 2.45) is 0 Å². The fraction of sp³-hybridized carbons (Fsp3) is 0.0323. The summed E-state index contributed by atoms with van der Waals surface area (Å²) >= 11 is 0. The molecule has 0 atom stereocenters. The molecule has 0 aliphatic rings. The minimum atomic E-state index is -0.587. The number of aromatic hydroxyl groups is 4. The lowest BCUT2D eigenvalue weighted by atomic mass is 9.79. The molecule has 170 valence electrons. The topological polar surface area (TPSA) is 80.9 Å². The number of phenols is 4. The summed E-state index contributed by atoms with van der Waals surface area (Å²) in [5, 5.41) is 48.2. The van der Waals surface area contributed by atoms with Crippen molar-refractivity contribution in [2.45, 2.75) is 5.92 Å². The average Bonchev–Trinajstić information content (AvgIpc) is 2.87. The van der Waals surface area contributed by atoms with Gasteiger partial charge in [-0.05, 0) is 63.5 Å². The number of hydrogen-bond acceptors (Lipinski definition) is 4. The van der Waals surface area contributed by atoms with E-state index >= 15 is 0 Å². The molecule has 4 heteroatoms. The molecular formula is C31H22O4. The standard InChI is InChI=1S/C31H22O4/c32-25-9-3-7-23-21(25)13-15-27(34)30(23)29(20-12-11-18-5-1-2-6-19(18)17-20)31-24-8-4-10-26(33)22(24)14-16-28(31)35/h1-17,29,32-35H. The number of phenolic OH excluding ortho intramolecular Hbond substituents is 4. The van der Waals surface area contributed by atoms with Gasteiger partial charge < -0.3 is 20.4 Å². The molecule has 0 heterocycles. The maximum absolute atomic E-state index is 11.2. The Morgan fingerprint density at radius 3 is 1.51 bits per heavy atom. The molecule has 0 spiro atoms. The zero-order valence-corrected chi connectivity index (χ0v) is 18.7. The van der Waals surface area contributed by atoms with Crippen molar-refractivity contribution in [1.29, 1.82) is 0 Å². The van der Waals surface area contributed by atoms with Crippen LogP contribution in [0.15, 0.2) is 103 Å². The van der Waals surface area contributed by atoms with E-state index in [0.29, 0.717) is 32.7 Å². The Labute approximate surface area is 201 Å². The first kappa shape index (κ1) is 20.9. The first-order chi connectivity index (χ1) is 17.0. The third-order valence-electron chi connectivity index (χ3n) is 6.80. The minimum Gasteiger partial charge on any atom is -0.508 e. The van der Waals surface area contributed by atoms with Gasteiger partial charge in [0.1, 0.15) is 23.0 Å². The lowest BCUT2D eigenvalue weighted by Gasteiger charge is -2.25. The van der Waals surface area contributed by atoms with Gasteiger partial charge >= 0.3 is 0 Å². The van der Waals surface area contributed by atoms with Gasteiger partial charge in [0.05, 0.1) is 0 Å². The summed E-state index contributed by atoms with van der Waals surface area (Å²) in [5.41, 5.74) is 2.00. The molecule has 0 aliphatic heterocycles. The lowest BCUT2D eigenvalue weighted by Crippen LogP contribution is -2.06. The fourth-order valence-electron chi connectivity index (χ4n) is 5.18. The second-order valence-corrected chi connectivity index (χ2v) is 8.78. The molecule has 6 rings (SSSR count). The molecule has 0 unspecified atom stereocenters. The highest BCUT2D eigenvalue weighted by molar-refractivity contribution is 5.97. The van der Waals surface area contributed by atoms with Gasteiger partial charge in [0, 0.05) is 27.8 Å². The van der Waals surface area contributed by atoms with Crippen LogP contribution < -0.4 is 0 Å². The minimum absolute atomic E-state index is 0.0535. The Kier molecular flexibility index (Phi) is 4.75. The van der Waals surface area contributed by atoms with Gasteiger partial charge in [0.2, 0.25) is 0 Å². The summed E-state index contributed by atoms with van der Waals surface area (Å²) in [6.45, 7) is 0. The second-order valence-electron chi connectivity index (χ2n) is 8.78. The Hall–Kier alpha value is -4.70. The van der Waals surface area contributed by atoms with Crippen LogP contribution in [0.4, 0.5) is 0 Å². The number of hydrogen-bond donors (Lipinski definition) is 4. The van der Waals surface area contributed by atoms with Crippen molar-refractivity contribution in [2.75, 3.05) is 0 Å². The molecule has 0 amide bonds. The van der Waals surface area contributed by atoms with Crippen LogP contribution >= 0.6 is 0 Å². The number of rotatable bonds is 3. The highest BCUT2D eigenvalue weighted by Gasteiger charge is 2.28. The summed E-state index contributed by atoms with van der Waals surface area (Å²) < 4.78 is 0. The molecule has 6 aromatic rings. The molecule has 0 radical (unpaired) electrons. The first-order valence-corrected chi connectivity index (χ1v) is 11.4. The van der Waals surface area contributed by atoms with E-state index < -0.39 is 5.92 Å². The molecule has 0 fully saturated rings. The number of benzene rings is 6. The normalized spacial score (nSPS) is 11.6. The van der Waals surface area contributed by atoms with E-state index in [2.05, 4.69) is 6.07 Å². The number of fused-ring (bicyclic) bond motifs is 3. The molecule has 0 aliphatic carbocycles. The fourth-order valence-corrected chi connectivity index (χ4v) is 5.18. The lowest BCUT2D eigenvalue weighted by molar-refractivity contribution is 0.460. The van der Waals surface area contributed by atoms with Crippen LogP contribution in [0.2, 0.25) is 0 Å². The van der Waals surface area contributed by atoms with Crippen molar-refractivity contribution >= 4 is 32.3 Å². The Balaban J connectivity index is 1.77. The Morgan fingerprint density at radius 2 is 0.943 bits per heavy atom. The first-order valence-electron chi connectivity index (χ1n) is 11.4. The van der Waals surface area contributed by atoms with Crippen molar-refractivity contribution in [3.05, 3.63) is 120 Å². The van der Waals surface area contributed by atoms with Crippen LogP contribution in [0, 0.1) is 0 Å². The second kappa shape index (κ2) is 7.96. The van der Waals surface area contributed by atoms with Crippen LogP contribution in [0.5, 0.6) is 23.0 Å². The SMILES string of the molecule is Oc1ccc2c(O)cccc2c1C(c1ccc2ccccc2c1)c1c(O)ccc2c(O)cccc12. The summed E-state index contributed by atoms with van der Waals surface area (Å²) in [6.07, 6.45) is 0. The predicted octanol–water partition coefficient (Wildman–Crippen LogP) is 7.15. The van der Waals surface area contributed by atoms with Crippen molar-refractivity contribution in [3.63, 3.8) is 0 Å². The van der Waals surface area contributed by atoms with E-state index in [1.165, 1.54) is 0 Å². The van der Waals surface area contributed by atoms with Gasteiger partial charge in [-0.3, -0.25) is 0 Å². The van der Waals surface area contributed by atoms with Crippen LogP contribution in [0.3, 0.4) is 0 Å². The van der Waals surface area contributed by atoms with E-state index in [9.17, 15) is 20.4 Å². The molecule has 0 bridgehead atoms. The summed E-state index contributed by atoms with van der Waals surface area (Å²) in [7, 11) is 0. The van der Waals surface area contributed by atoms with Crippen LogP contribution in [-0.2, 0) is 0 Å².